The molecule has 0 N–H and O–H groups in total. The summed E-state index contributed by atoms with van der Waals surface area (Å²) >= 11 is 0. The number of alkyl halides is 3. The monoisotopic (exact) mass is 378 g/mol. The normalized spacial score (nSPS) is 27.8. The number of carbonyl (C=O) groups is 1. The largest absolute Gasteiger partial charge is 0.333 e. The van der Waals surface area contributed by atoms with Crippen molar-refractivity contribution in [2.24, 2.45) is 5.92 Å². The Balaban J connectivity index is 1.60. The number of halogens is 3. The Morgan fingerprint density at radius 2 is 1.93 bits per heavy atom. The van der Waals surface area contributed by atoms with Gasteiger partial charge in [-0.15, -0.1) is 5.10 Å². The van der Waals surface area contributed by atoms with Crippen molar-refractivity contribution in [3.8, 4) is 0 Å². The van der Waals surface area contributed by atoms with E-state index in [1.54, 1.807) is 6.92 Å². The Bertz CT molecular complexity index is 848. The smallest absolute Gasteiger partial charge is 0.293 e. The van der Waals surface area contributed by atoms with E-state index in [1.807, 2.05) is 30.3 Å². The van der Waals surface area contributed by atoms with Gasteiger partial charge in [-0.05, 0) is 25.8 Å². The van der Waals surface area contributed by atoms with Gasteiger partial charge in [0.15, 0.2) is 12.0 Å². The number of rotatable bonds is 3. The zero-order valence-corrected chi connectivity index (χ0v) is 15.1. The number of hydrogen-bond donors (Lipinski definition) is 0. The molecule has 5 nitrogen and oxygen atoms in total. The average molecular weight is 378 g/mol. The summed E-state index contributed by atoms with van der Waals surface area (Å²) in [6, 6.07) is 8.70. The van der Waals surface area contributed by atoms with Gasteiger partial charge in [0.1, 0.15) is 0 Å². The number of carbonyl (C=O) groups excluding carboxylic acids is 1. The van der Waals surface area contributed by atoms with Crippen molar-refractivity contribution in [3.63, 3.8) is 0 Å². The predicted octanol–water partition coefficient (Wildman–Crippen LogP) is 3.79. The standard InChI is InChI=1S/C19H21F3N4O/c1-11-8-13(19(2,21)22)10-25(11)18(27)16-23-17-14(20)9-15(26(17)24-16)12-6-4-3-5-7-12/h3-7,11,13-15H,8-10H2,1-2H3/t11?,13?,14-,15-/m0/s1. The molecule has 4 rings (SSSR count). The van der Waals surface area contributed by atoms with E-state index in [0.29, 0.717) is 0 Å². The van der Waals surface area contributed by atoms with Crippen molar-refractivity contribution in [2.45, 2.75) is 50.9 Å². The van der Waals surface area contributed by atoms with Crippen LogP contribution in [0.25, 0.3) is 0 Å². The minimum absolute atomic E-state index is 0.0471. The Morgan fingerprint density at radius 1 is 1.22 bits per heavy atom. The summed E-state index contributed by atoms with van der Waals surface area (Å²) in [5.74, 6) is -4.27. The molecule has 2 aromatic rings. The Labute approximate surface area is 155 Å². The van der Waals surface area contributed by atoms with Crippen LogP contribution in [0.5, 0.6) is 0 Å². The molecule has 3 heterocycles. The van der Waals surface area contributed by atoms with Gasteiger partial charge in [0.05, 0.1) is 6.04 Å². The van der Waals surface area contributed by atoms with Gasteiger partial charge in [0, 0.05) is 24.9 Å². The van der Waals surface area contributed by atoms with Gasteiger partial charge in [-0.1, -0.05) is 30.3 Å². The van der Waals surface area contributed by atoms with Gasteiger partial charge < -0.3 is 4.90 Å². The lowest BCUT2D eigenvalue weighted by molar-refractivity contribution is -0.0345. The third-order valence-corrected chi connectivity index (χ3v) is 5.59. The fraction of sp³-hybridized carbons (Fsp3) is 0.526. The molecule has 1 saturated heterocycles. The second-order valence-corrected chi connectivity index (χ2v) is 7.56. The molecule has 2 unspecified atom stereocenters. The number of benzene rings is 1. The van der Waals surface area contributed by atoms with Crippen LogP contribution in [0.4, 0.5) is 13.2 Å². The minimum atomic E-state index is -2.85. The molecular weight excluding hydrogens is 357 g/mol. The second-order valence-electron chi connectivity index (χ2n) is 7.56. The molecule has 1 aromatic carbocycles. The molecule has 0 radical (unpaired) electrons. The summed E-state index contributed by atoms with van der Waals surface area (Å²) in [6.45, 7) is 2.56. The van der Waals surface area contributed by atoms with Crippen LogP contribution in [-0.2, 0) is 0 Å². The number of fused-ring (bicyclic) bond motifs is 1. The van der Waals surface area contributed by atoms with E-state index < -0.39 is 23.9 Å². The van der Waals surface area contributed by atoms with E-state index in [0.717, 1.165) is 12.5 Å². The molecule has 1 aromatic heterocycles. The third-order valence-electron chi connectivity index (χ3n) is 5.59. The van der Waals surface area contributed by atoms with Crippen molar-refractivity contribution in [1.82, 2.24) is 19.7 Å². The fourth-order valence-electron chi connectivity index (χ4n) is 4.03. The highest BCUT2D eigenvalue weighted by Crippen LogP contribution is 2.40. The quantitative estimate of drug-likeness (QED) is 0.817. The molecule has 0 saturated carbocycles. The first-order valence-corrected chi connectivity index (χ1v) is 9.10. The number of amides is 1. The van der Waals surface area contributed by atoms with E-state index in [2.05, 4.69) is 10.1 Å². The van der Waals surface area contributed by atoms with Gasteiger partial charge in [-0.2, -0.15) is 0 Å². The number of aromatic nitrogens is 3. The zero-order chi connectivity index (χ0) is 19.3. The van der Waals surface area contributed by atoms with Crippen molar-refractivity contribution >= 4 is 5.91 Å². The highest BCUT2D eigenvalue weighted by Gasteiger charge is 2.45. The highest BCUT2D eigenvalue weighted by atomic mass is 19.3. The molecule has 2 aliphatic heterocycles. The van der Waals surface area contributed by atoms with E-state index in [4.69, 9.17) is 0 Å². The van der Waals surface area contributed by atoms with Crippen LogP contribution in [-0.4, -0.2) is 44.1 Å². The molecule has 8 heteroatoms. The van der Waals surface area contributed by atoms with E-state index >= 15 is 0 Å². The zero-order valence-electron chi connectivity index (χ0n) is 15.1. The minimum Gasteiger partial charge on any atom is -0.333 e. The number of nitrogens with zero attached hydrogens (tertiary/aromatic N) is 4. The Kier molecular flexibility index (Phi) is 4.24. The first-order chi connectivity index (χ1) is 12.8. The maximum atomic E-state index is 14.5. The molecular formula is C19H21F3N4O. The summed E-state index contributed by atoms with van der Waals surface area (Å²) in [5.41, 5.74) is 0.892. The molecule has 4 atom stereocenters. The van der Waals surface area contributed by atoms with Crippen molar-refractivity contribution in [3.05, 3.63) is 47.5 Å². The maximum absolute atomic E-state index is 14.5. The van der Waals surface area contributed by atoms with Gasteiger partial charge in [0.2, 0.25) is 11.7 Å². The first kappa shape index (κ1) is 18.0. The lowest BCUT2D eigenvalue weighted by Gasteiger charge is -2.21. The Hall–Kier alpha value is -2.38. The summed E-state index contributed by atoms with van der Waals surface area (Å²) in [6.07, 6.45) is -0.868. The summed E-state index contributed by atoms with van der Waals surface area (Å²) in [5, 5.41) is 4.25. The SMILES string of the molecule is CC1CC(C(C)(F)F)CN1C(=O)c1nc2n(n1)[C@H](c1ccccc1)C[C@@H]2F. The van der Waals surface area contributed by atoms with Crippen LogP contribution in [0.15, 0.2) is 30.3 Å². The van der Waals surface area contributed by atoms with Crippen molar-refractivity contribution in [2.75, 3.05) is 6.54 Å². The van der Waals surface area contributed by atoms with Gasteiger partial charge >= 0.3 is 0 Å². The molecule has 27 heavy (non-hydrogen) atoms. The van der Waals surface area contributed by atoms with E-state index in [9.17, 15) is 18.0 Å². The fourth-order valence-corrected chi connectivity index (χ4v) is 4.03. The summed E-state index contributed by atoms with van der Waals surface area (Å²) in [4.78, 5) is 18.3. The van der Waals surface area contributed by atoms with E-state index in [-0.39, 0.29) is 43.1 Å². The second kappa shape index (κ2) is 6.35. The van der Waals surface area contributed by atoms with Gasteiger partial charge in [-0.25, -0.2) is 22.8 Å². The molecule has 0 bridgehead atoms. The third kappa shape index (κ3) is 3.11. The predicted molar refractivity (Wildman–Crippen MR) is 92.3 cm³/mol. The van der Waals surface area contributed by atoms with Crippen LogP contribution in [0.1, 0.15) is 60.9 Å². The van der Waals surface area contributed by atoms with Gasteiger partial charge in [0.25, 0.3) is 5.91 Å². The lowest BCUT2D eigenvalue weighted by atomic mass is 10.0. The summed E-state index contributed by atoms with van der Waals surface area (Å²) in [7, 11) is 0. The molecule has 1 fully saturated rings. The molecule has 144 valence electrons. The molecule has 2 aliphatic rings. The lowest BCUT2D eigenvalue weighted by Crippen LogP contribution is -2.36. The Morgan fingerprint density at radius 3 is 2.56 bits per heavy atom. The van der Waals surface area contributed by atoms with Crippen LogP contribution in [0.2, 0.25) is 0 Å². The topological polar surface area (TPSA) is 51.0 Å². The average Bonchev–Trinajstić information content (AvgIpc) is 3.30. The van der Waals surface area contributed by atoms with E-state index in [1.165, 1.54) is 9.58 Å². The van der Waals surface area contributed by atoms with Crippen molar-refractivity contribution < 1.29 is 18.0 Å². The van der Waals surface area contributed by atoms with Crippen LogP contribution in [0, 0.1) is 5.92 Å². The summed E-state index contributed by atoms with van der Waals surface area (Å²) < 4.78 is 43.2. The molecule has 0 spiro atoms. The number of likely N-dealkylation sites (tertiary alicyclic amines) is 1. The van der Waals surface area contributed by atoms with Crippen LogP contribution in [0.3, 0.4) is 0 Å². The molecule has 0 aliphatic carbocycles. The number of hydrogen-bond acceptors (Lipinski definition) is 3. The highest BCUT2D eigenvalue weighted by molar-refractivity contribution is 5.91. The molecule has 1 amide bonds. The first-order valence-electron chi connectivity index (χ1n) is 9.10. The van der Waals surface area contributed by atoms with Crippen LogP contribution < -0.4 is 0 Å². The van der Waals surface area contributed by atoms with Crippen molar-refractivity contribution in [1.29, 1.82) is 0 Å². The maximum Gasteiger partial charge on any atom is 0.293 e. The van der Waals surface area contributed by atoms with Gasteiger partial charge in [-0.3, -0.25) is 4.79 Å². The van der Waals surface area contributed by atoms with Crippen LogP contribution >= 0.6 is 0 Å².